The lowest BCUT2D eigenvalue weighted by Crippen LogP contribution is -2.43. The van der Waals surface area contributed by atoms with Crippen LogP contribution in [-0.2, 0) is 0 Å². The van der Waals surface area contributed by atoms with E-state index in [1.807, 2.05) is 26.0 Å². The third kappa shape index (κ3) is 3.68. The molecule has 1 aromatic rings. The minimum Gasteiger partial charge on any atom is -0.306 e. The van der Waals surface area contributed by atoms with Crippen LogP contribution in [-0.4, -0.2) is 55.4 Å². The van der Waals surface area contributed by atoms with Crippen LogP contribution < -0.4 is 0 Å². The zero-order chi connectivity index (χ0) is 14.7. The normalized spacial score (nSPS) is 17.6. The number of likely N-dealkylation sites (tertiary alicyclic amines) is 1. The second-order valence-electron chi connectivity index (χ2n) is 6.19. The number of hydrogen-bond acceptors (Lipinski definition) is 3. The molecule has 2 rings (SSSR count). The minimum atomic E-state index is 0.243. The van der Waals surface area contributed by atoms with E-state index in [1.54, 1.807) is 0 Å². The fourth-order valence-electron chi connectivity index (χ4n) is 2.91. The summed E-state index contributed by atoms with van der Waals surface area (Å²) < 4.78 is 0. The molecule has 0 aliphatic carbocycles. The number of carbonyl (C=O) groups is 1. The number of aryl methyl sites for hydroxylation is 2. The monoisotopic (exact) mass is 274 g/mol. The number of ketones is 1. The summed E-state index contributed by atoms with van der Waals surface area (Å²) in [6.45, 7) is 6.84. The largest absolute Gasteiger partial charge is 0.306 e. The van der Waals surface area contributed by atoms with Gasteiger partial charge >= 0.3 is 0 Å². The SMILES string of the molecule is Cc1ccc(C)c(C(=O)CN(C)C2CCN(C)CC2)c1. The summed E-state index contributed by atoms with van der Waals surface area (Å²) in [5.74, 6) is 0.243. The Morgan fingerprint density at radius 1 is 1.30 bits per heavy atom. The van der Waals surface area contributed by atoms with Crippen molar-refractivity contribution in [1.29, 1.82) is 0 Å². The molecule has 20 heavy (non-hydrogen) atoms. The highest BCUT2D eigenvalue weighted by molar-refractivity contribution is 5.99. The Labute approximate surface area is 122 Å². The summed E-state index contributed by atoms with van der Waals surface area (Å²) in [7, 11) is 4.25. The second kappa shape index (κ2) is 6.51. The molecule has 1 aliphatic heterocycles. The predicted molar refractivity (Wildman–Crippen MR) is 83.4 cm³/mol. The van der Waals surface area contributed by atoms with Gasteiger partial charge in [-0.15, -0.1) is 0 Å². The highest BCUT2D eigenvalue weighted by Crippen LogP contribution is 2.16. The van der Waals surface area contributed by atoms with Gasteiger partial charge in [0.25, 0.3) is 0 Å². The van der Waals surface area contributed by atoms with Crippen molar-refractivity contribution in [1.82, 2.24) is 9.80 Å². The Kier molecular flexibility index (Phi) is 4.95. The highest BCUT2D eigenvalue weighted by atomic mass is 16.1. The molecule has 110 valence electrons. The van der Waals surface area contributed by atoms with Crippen LogP contribution in [0.2, 0.25) is 0 Å². The third-order valence-corrected chi connectivity index (χ3v) is 4.40. The van der Waals surface area contributed by atoms with Crippen molar-refractivity contribution in [3.05, 3.63) is 34.9 Å². The first-order valence-electron chi connectivity index (χ1n) is 7.46. The quantitative estimate of drug-likeness (QED) is 0.788. The molecule has 1 aliphatic rings. The summed E-state index contributed by atoms with van der Waals surface area (Å²) in [6.07, 6.45) is 2.32. The van der Waals surface area contributed by atoms with Gasteiger partial charge in [-0.3, -0.25) is 9.69 Å². The van der Waals surface area contributed by atoms with Crippen molar-refractivity contribution in [3.8, 4) is 0 Å². The maximum atomic E-state index is 12.5. The standard InChI is InChI=1S/C17H26N2O/c1-13-5-6-14(2)16(11-13)17(20)12-19(4)15-7-9-18(3)10-8-15/h5-6,11,15H,7-10,12H2,1-4H3. The summed E-state index contributed by atoms with van der Waals surface area (Å²) in [4.78, 5) is 17.1. The molecule has 1 aromatic carbocycles. The maximum Gasteiger partial charge on any atom is 0.177 e. The molecule has 0 N–H and O–H groups in total. The smallest absolute Gasteiger partial charge is 0.177 e. The Bertz CT molecular complexity index is 476. The molecule has 0 amide bonds. The van der Waals surface area contributed by atoms with Crippen LogP contribution in [0.3, 0.4) is 0 Å². The fraction of sp³-hybridized carbons (Fsp3) is 0.588. The Hall–Kier alpha value is -1.19. The van der Waals surface area contributed by atoms with Crippen molar-refractivity contribution in [3.63, 3.8) is 0 Å². The van der Waals surface area contributed by atoms with E-state index < -0.39 is 0 Å². The van der Waals surface area contributed by atoms with Crippen molar-refractivity contribution >= 4 is 5.78 Å². The van der Waals surface area contributed by atoms with Gasteiger partial charge in [0.15, 0.2) is 5.78 Å². The molecule has 0 spiro atoms. The average molecular weight is 274 g/mol. The van der Waals surface area contributed by atoms with Gasteiger partial charge in [0.1, 0.15) is 0 Å². The van der Waals surface area contributed by atoms with Gasteiger partial charge in [-0.2, -0.15) is 0 Å². The molecule has 3 nitrogen and oxygen atoms in total. The first-order valence-corrected chi connectivity index (χ1v) is 7.46. The van der Waals surface area contributed by atoms with Gasteiger partial charge in [0.05, 0.1) is 6.54 Å². The Balaban J connectivity index is 1.98. The van der Waals surface area contributed by atoms with E-state index in [9.17, 15) is 4.79 Å². The van der Waals surface area contributed by atoms with Crippen molar-refractivity contribution < 1.29 is 4.79 Å². The van der Waals surface area contributed by atoms with E-state index in [1.165, 1.54) is 0 Å². The van der Waals surface area contributed by atoms with Gasteiger partial charge in [-0.1, -0.05) is 17.7 Å². The zero-order valence-electron chi connectivity index (χ0n) is 13.1. The van der Waals surface area contributed by atoms with Crippen molar-refractivity contribution in [2.45, 2.75) is 32.7 Å². The number of likely N-dealkylation sites (N-methyl/N-ethyl adjacent to an activating group) is 1. The van der Waals surface area contributed by atoms with Crippen LogP contribution in [0.4, 0.5) is 0 Å². The molecular weight excluding hydrogens is 248 g/mol. The van der Waals surface area contributed by atoms with Crippen LogP contribution in [0.5, 0.6) is 0 Å². The molecule has 1 heterocycles. The van der Waals surface area contributed by atoms with Crippen LogP contribution in [0.25, 0.3) is 0 Å². The van der Waals surface area contributed by atoms with E-state index in [2.05, 4.69) is 30.0 Å². The molecule has 0 atom stereocenters. The van der Waals surface area contributed by atoms with Crippen LogP contribution in [0.15, 0.2) is 18.2 Å². The Morgan fingerprint density at radius 2 is 1.95 bits per heavy atom. The number of nitrogens with zero attached hydrogens (tertiary/aromatic N) is 2. The molecule has 0 unspecified atom stereocenters. The van der Waals surface area contributed by atoms with Gasteiger partial charge in [-0.05, 0) is 65.5 Å². The highest BCUT2D eigenvalue weighted by Gasteiger charge is 2.22. The number of benzene rings is 1. The third-order valence-electron chi connectivity index (χ3n) is 4.40. The molecule has 0 bridgehead atoms. The zero-order valence-corrected chi connectivity index (χ0v) is 13.1. The minimum absolute atomic E-state index is 0.243. The molecular formula is C17H26N2O. The summed E-state index contributed by atoms with van der Waals surface area (Å²) in [6, 6.07) is 6.66. The van der Waals surface area contributed by atoms with E-state index in [0.29, 0.717) is 12.6 Å². The molecule has 1 fully saturated rings. The van der Waals surface area contributed by atoms with Gasteiger partial charge in [0.2, 0.25) is 0 Å². The van der Waals surface area contributed by atoms with Crippen molar-refractivity contribution in [2.24, 2.45) is 0 Å². The molecule has 0 aromatic heterocycles. The van der Waals surface area contributed by atoms with E-state index in [-0.39, 0.29) is 5.78 Å². The van der Waals surface area contributed by atoms with Crippen LogP contribution in [0.1, 0.15) is 34.3 Å². The summed E-state index contributed by atoms with van der Waals surface area (Å²) >= 11 is 0. The van der Waals surface area contributed by atoms with Gasteiger partial charge in [0, 0.05) is 11.6 Å². The molecule has 0 saturated carbocycles. The molecule has 3 heteroatoms. The van der Waals surface area contributed by atoms with E-state index >= 15 is 0 Å². The average Bonchev–Trinajstić information content (AvgIpc) is 2.42. The van der Waals surface area contributed by atoms with Crippen LogP contribution in [0, 0.1) is 13.8 Å². The van der Waals surface area contributed by atoms with Gasteiger partial charge < -0.3 is 4.90 Å². The van der Waals surface area contributed by atoms with Gasteiger partial charge in [-0.25, -0.2) is 0 Å². The van der Waals surface area contributed by atoms with E-state index in [0.717, 1.165) is 42.6 Å². The molecule has 0 radical (unpaired) electrons. The number of hydrogen-bond donors (Lipinski definition) is 0. The summed E-state index contributed by atoms with van der Waals surface area (Å²) in [5.41, 5.74) is 3.11. The fourth-order valence-corrected chi connectivity index (χ4v) is 2.91. The van der Waals surface area contributed by atoms with Crippen LogP contribution >= 0.6 is 0 Å². The van der Waals surface area contributed by atoms with E-state index in [4.69, 9.17) is 0 Å². The first kappa shape index (κ1) is 15.2. The topological polar surface area (TPSA) is 23.6 Å². The lowest BCUT2D eigenvalue weighted by molar-refractivity contribution is 0.0871. The summed E-state index contributed by atoms with van der Waals surface area (Å²) in [5, 5.41) is 0. The first-order chi connectivity index (χ1) is 9.47. The predicted octanol–water partition coefficient (Wildman–Crippen LogP) is 2.51. The molecule has 1 saturated heterocycles. The lowest BCUT2D eigenvalue weighted by atomic mass is 10.00. The number of Topliss-reactive ketones (excluding diaryl/α,β-unsaturated/α-hetero) is 1. The second-order valence-corrected chi connectivity index (χ2v) is 6.19. The Morgan fingerprint density at radius 3 is 2.60 bits per heavy atom. The number of rotatable bonds is 4. The maximum absolute atomic E-state index is 12.5. The number of carbonyl (C=O) groups excluding carboxylic acids is 1. The van der Waals surface area contributed by atoms with Crippen molar-refractivity contribution in [2.75, 3.05) is 33.7 Å². The lowest BCUT2D eigenvalue weighted by Gasteiger charge is -2.34. The number of piperidine rings is 1.